The summed E-state index contributed by atoms with van der Waals surface area (Å²) in [5, 5.41) is 0. The first-order valence-corrected chi connectivity index (χ1v) is 6.81. The van der Waals surface area contributed by atoms with Crippen molar-refractivity contribution >= 4 is 5.69 Å². The van der Waals surface area contributed by atoms with E-state index in [2.05, 4.69) is 0 Å². The molecule has 0 fully saturated rings. The van der Waals surface area contributed by atoms with Gasteiger partial charge in [0.15, 0.2) is 11.5 Å². The molecule has 0 bridgehead atoms. The second kappa shape index (κ2) is 6.88. The highest BCUT2D eigenvalue weighted by atomic mass is 16.5. The SMILES string of the molecule is COc1cc(OC)c(OC)cc1CCc1ccc(N)cc1. The average molecular weight is 287 g/mol. The van der Waals surface area contributed by atoms with E-state index in [1.54, 1.807) is 21.3 Å². The fourth-order valence-corrected chi connectivity index (χ4v) is 2.25. The second-order valence-corrected chi connectivity index (χ2v) is 4.76. The van der Waals surface area contributed by atoms with Gasteiger partial charge in [0.25, 0.3) is 0 Å². The maximum atomic E-state index is 5.70. The van der Waals surface area contributed by atoms with Gasteiger partial charge in [0.1, 0.15) is 5.75 Å². The lowest BCUT2D eigenvalue weighted by atomic mass is 10.0. The van der Waals surface area contributed by atoms with Crippen molar-refractivity contribution in [1.29, 1.82) is 0 Å². The smallest absolute Gasteiger partial charge is 0.164 e. The van der Waals surface area contributed by atoms with E-state index in [0.717, 1.165) is 29.8 Å². The highest BCUT2D eigenvalue weighted by Crippen LogP contribution is 2.35. The molecule has 0 amide bonds. The molecule has 0 aromatic heterocycles. The first-order chi connectivity index (χ1) is 10.2. The van der Waals surface area contributed by atoms with Crippen LogP contribution in [-0.2, 0) is 12.8 Å². The molecule has 0 heterocycles. The molecule has 21 heavy (non-hydrogen) atoms. The molecule has 112 valence electrons. The zero-order chi connectivity index (χ0) is 15.2. The number of methoxy groups -OCH3 is 3. The summed E-state index contributed by atoms with van der Waals surface area (Å²) in [6.45, 7) is 0. The summed E-state index contributed by atoms with van der Waals surface area (Å²) in [4.78, 5) is 0. The summed E-state index contributed by atoms with van der Waals surface area (Å²) in [6, 6.07) is 11.7. The van der Waals surface area contributed by atoms with Crippen LogP contribution in [0.5, 0.6) is 17.2 Å². The van der Waals surface area contributed by atoms with Crippen LogP contribution in [0, 0.1) is 0 Å². The topological polar surface area (TPSA) is 53.7 Å². The monoisotopic (exact) mass is 287 g/mol. The Labute approximate surface area is 125 Å². The number of hydrogen-bond donors (Lipinski definition) is 1. The second-order valence-electron chi connectivity index (χ2n) is 4.76. The van der Waals surface area contributed by atoms with E-state index in [-0.39, 0.29) is 0 Å². The number of anilines is 1. The lowest BCUT2D eigenvalue weighted by molar-refractivity contribution is 0.347. The molecule has 0 radical (unpaired) electrons. The van der Waals surface area contributed by atoms with Crippen LogP contribution in [0.25, 0.3) is 0 Å². The van der Waals surface area contributed by atoms with Crippen LogP contribution in [0.15, 0.2) is 36.4 Å². The van der Waals surface area contributed by atoms with Crippen molar-refractivity contribution in [2.45, 2.75) is 12.8 Å². The van der Waals surface area contributed by atoms with Crippen LogP contribution < -0.4 is 19.9 Å². The highest BCUT2D eigenvalue weighted by Gasteiger charge is 2.11. The van der Waals surface area contributed by atoms with E-state index in [4.69, 9.17) is 19.9 Å². The Balaban J connectivity index is 2.20. The van der Waals surface area contributed by atoms with Gasteiger partial charge in [-0.05, 0) is 42.2 Å². The number of aryl methyl sites for hydroxylation is 2. The minimum Gasteiger partial charge on any atom is -0.496 e. The standard InChI is InChI=1S/C17H21NO3/c1-19-15-11-17(21-3)16(20-2)10-13(15)7-4-12-5-8-14(18)9-6-12/h5-6,8-11H,4,7,18H2,1-3H3. The van der Waals surface area contributed by atoms with Crippen LogP contribution in [0.3, 0.4) is 0 Å². The lowest BCUT2D eigenvalue weighted by Crippen LogP contribution is -1.99. The molecule has 4 heteroatoms. The molecular weight excluding hydrogens is 266 g/mol. The summed E-state index contributed by atoms with van der Waals surface area (Å²) in [6.07, 6.45) is 1.76. The molecule has 2 aromatic carbocycles. The van der Waals surface area contributed by atoms with Gasteiger partial charge in [-0.25, -0.2) is 0 Å². The summed E-state index contributed by atoms with van der Waals surface area (Å²) in [5.41, 5.74) is 8.81. The van der Waals surface area contributed by atoms with E-state index >= 15 is 0 Å². The molecule has 2 rings (SSSR count). The van der Waals surface area contributed by atoms with Crippen molar-refractivity contribution in [3.8, 4) is 17.2 Å². The predicted molar refractivity (Wildman–Crippen MR) is 84.4 cm³/mol. The van der Waals surface area contributed by atoms with Crippen LogP contribution >= 0.6 is 0 Å². The number of nitrogen functional groups attached to an aromatic ring is 1. The molecular formula is C17H21NO3. The molecule has 0 aliphatic rings. The minimum absolute atomic E-state index is 0.672. The van der Waals surface area contributed by atoms with Gasteiger partial charge in [-0.3, -0.25) is 0 Å². The van der Waals surface area contributed by atoms with Crippen LogP contribution in [0.4, 0.5) is 5.69 Å². The zero-order valence-corrected chi connectivity index (χ0v) is 12.7. The van der Waals surface area contributed by atoms with Crippen molar-refractivity contribution in [2.75, 3.05) is 27.1 Å². The first kappa shape index (κ1) is 15.0. The van der Waals surface area contributed by atoms with Crippen LogP contribution in [0.1, 0.15) is 11.1 Å². The summed E-state index contributed by atoms with van der Waals surface area (Å²) in [5.74, 6) is 2.19. The molecule has 0 atom stereocenters. The molecule has 2 N–H and O–H groups in total. The molecule has 0 saturated heterocycles. The number of ether oxygens (including phenoxy) is 3. The van der Waals surface area contributed by atoms with Crippen molar-refractivity contribution in [3.63, 3.8) is 0 Å². The number of hydrogen-bond acceptors (Lipinski definition) is 4. The molecule has 2 aromatic rings. The highest BCUT2D eigenvalue weighted by molar-refractivity contribution is 5.51. The first-order valence-electron chi connectivity index (χ1n) is 6.81. The average Bonchev–Trinajstić information content (AvgIpc) is 2.53. The van der Waals surface area contributed by atoms with Crippen molar-refractivity contribution in [2.24, 2.45) is 0 Å². The Hall–Kier alpha value is -2.36. The van der Waals surface area contributed by atoms with Gasteiger partial charge < -0.3 is 19.9 Å². The van der Waals surface area contributed by atoms with E-state index in [0.29, 0.717) is 11.5 Å². The Bertz CT molecular complexity index is 594. The Morgan fingerprint density at radius 2 is 1.33 bits per heavy atom. The van der Waals surface area contributed by atoms with Gasteiger partial charge in [0.05, 0.1) is 21.3 Å². The fourth-order valence-electron chi connectivity index (χ4n) is 2.25. The summed E-state index contributed by atoms with van der Waals surface area (Å²) in [7, 11) is 4.91. The van der Waals surface area contributed by atoms with E-state index < -0.39 is 0 Å². The fraction of sp³-hybridized carbons (Fsp3) is 0.294. The number of rotatable bonds is 6. The Kier molecular flexibility index (Phi) is 4.93. The normalized spacial score (nSPS) is 10.2. The van der Waals surface area contributed by atoms with Crippen molar-refractivity contribution in [3.05, 3.63) is 47.5 Å². The maximum Gasteiger partial charge on any atom is 0.164 e. The van der Waals surface area contributed by atoms with Gasteiger partial charge in [-0.1, -0.05) is 12.1 Å². The van der Waals surface area contributed by atoms with E-state index in [1.165, 1.54) is 5.56 Å². The molecule has 4 nitrogen and oxygen atoms in total. The molecule has 0 spiro atoms. The third-order valence-electron chi connectivity index (χ3n) is 3.45. The number of benzene rings is 2. The zero-order valence-electron chi connectivity index (χ0n) is 12.7. The Morgan fingerprint density at radius 3 is 1.90 bits per heavy atom. The molecule has 0 saturated carbocycles. The van der Waals surface area contributed by atoms with Gasteiger partial charge in [-0.15, -0.1) is 0 Å². The number of nitrogens with two attached hydrogens (primary N) is 1. The quantitative estimate of drug-likeness (QED) is 0.830. The largest absolute Gasteiger partial charge is 0.496 e. The van der Waals surface area contributed by atoms with Crippen molar-refractivity contribution < 1.29 is 14.2 Å². The summed E-state index contributed by atoms with van der Waals surface area (Å²) < 4.78 is 16.1. The molecule has 0 aliphatic heterocycles. The van der Waals surface area contributed by atoms with E-state index in [1.807, 2.05) is 36.4 Å². The minimum atomic E-state index is 0.672. The maximum absolute atomic E-state index is 5.70. The predicted octanol–water partition coefficient (Wildman–Crippen LogP) is 3.08. The van der Waals surface area contributed by atoms with Gasteiger partial charge >= 0.3 is 0 Å². The lowest BCUT2D eigenvalue weighted by Gasteiger charge is -2.14. The van der Waals surface area contributed by atoms with E-state index in [9.17, 15) is 0 Å². The summed E-state index contributed by atoms with van der Waals surface area (Å²) >= 11 is 0. The van der Waals surface area contributed by atoms with Crippen LogP contribution in [-0.4, -0.2) is 21.3 Å². The van der Waals surface area contributed by atoms with Gasteiger partial charge in [0, 0.05) is 11.8 Å². The molecule has 0 unspecified atom stereocenters. The van der Waals surface area contributed by atoms with Gasteiger partial charge in [-0.2, -0.15) is 0 Å². The third-order valence-corrected chi connectivity index (χ3v) is 3.45. The molecule has 0 aliphatic carbocycles. The van der Waals surface area contributed by atoms with Crippen molar-refractivity contribution in [1.82, 2.24) is 0 Å². The third kappa shape index (κ3) is 3.60. The Morgan fingerprint density at radius 1 is 0.762 bits per heavy atom. The van der Waals surface area contributed by atoms with Crippen LogP contribution in [0.2, 0.25) is 0 Å². The van der Waals surface area contributed by atoms with Gasteiger partial charge in [0.2, 0.25) is 0 Å².